The van der Waals surface area contributed by atoms with Gasteiger partial charge < -0.3 is 10.4 Å². The molecule has 0 saturated carbocycles. The molecule has 0 aliphatic heterocycles. The highest BCUT2D eigenvalue weighted by atomic mass is 16.3. The average molecular weight is 166 g/mol. The molecule has 0 radical (unpaired) electrons. The Kier molecular flexibility index (Phi) is 3.54. The summed E-state index contributed by atoms with van der Waals surface area (Å²) in [5.74, 6) is 0.869. The molecule has 0 atom stereocenters. The highest BCUT2D eigenvalue weighted by Gasteiger charge is 1.92. The fourth-order valence-electron chi connectivity index (χ4n) is 0.876. The third-order valence-electron chi connectivity index (χ3n) is 1.56. The Bertz CT molecular complexity index is 220. The van der Waals surface area contributed by atoms with Crippen LogP contribution in [0.1, 0.15) is 18.9 Å². The van der Waals surface area contributed by atoms with E-state index >= 15 is 0 Å². The molecule has 0 bridgehead atoms. The van der Waals surface area contributed by atoms with Crippen LogP contribution in [0.2, 0.25) is 0 Å². The quantitative estimate of drug-likeness (QED) is 0.710. The summed E-state index contributed by atoms with van der Waals surface area (Å²) in [4.78, 5) is 4.12. The third-order valence-corrected chi connectivity index (χ3v) is 1.56. The molecule has 2 N–H and O–H groups in total. The fourth-order valence-corrected chi connectivity index (χ4v) is 0.876. The molecule has 1 heterocycles. The van der Waals surface area contributed by atoms with Crippen LogP contribution < -0.4 is 5.32 Å². The molecule has 0 fully saturated rings. The maximum atomic E-state index is 8.74. The van der Waals surface area contributed by atoms with Crippen LogP contribution in [0.4, 0.5) is 5.82 Å². The van der Waals surface area contributed by atoms with Crippen molar-refractivity contribution in [3.8, 4) is 0 Å². The summed E-state index contributed by atoms with van der Waals surface area (Å²) < 4.78 is 0. The molecule has 0 spiro atoms. The first-order valence-electron chi connectivity index (χ1n) is 4.16. The van der Waals surface area contributed by atoms with Crippen LogP contribution in [0.5, 0.6) is 0 Å². The van der Waals surface area contributed by atoms with Crippen LogP contribution in [0, 0.1) is 0 Å². The number of aromatic nitrogens is 1. The van der Waals surface area contributed by atoms with Crippen molar-refractivity contribution in [2.24, 2.45) is 0 Å². The van der Waals surface area contributed by atoms with E-state index in [4.69, 9.17) is 5.11 Å². The first-order valence-corrected chi connectivity index (χ1v) is 4.16. The van der Waals surface area contributed by atoms with Gasteiger partial charge in [0.1, 0.15) is 5.82 Å². The molecule has 3 nitrogen and oxygen atoms in total. The molecule has 1 aromatic heterocycles. The van der Waals surface area contributed by atoms with E-state index < -0.39 is 0 Å². The molecule has 1 rings (SSSR count). The minimum absolute atomic E-state index is 0.0566. The molecule has 1 aromatic rings. The minimum atomic E-state index is 0.0566. The highest BCUT2D eigenvalue weighted by Crippen LogP contribution is 2.04. The zero-order chi connectivity index (χ0) is 8.81. The van der Waals surface area contributed by atoms with E-state index in [2.05, 4.69) is 17.2 Å². The first-order chi connectivity index (χ1) is 5.86. The number of aliphatic hydroxyl groups excluding tert-OH is 1. The molecule has 0 aliphatic carbocycles. The first kappa shape index (κ1) is 9.00. The van der Waals surface area contributed by atoms with Gasteiger partial charge in [0, 0.05) is 12.7 Å². The van der Waals surface area contributed by atoms with Crippen molar-refractivity contribution >= 4 is 5.82 Å². The monoisotopic (exact) mass is 166 g/mol. The second kappa shape index (κ2) is 4.72. The van der Waals surface area contributed by atoms with Crippen LogP contribution >= 0.6 is 0 Å². The van der Waals surface area contributed by atoms with Gasteiger partial charge in [-0.25, -0.2) is 4.98 Å². The molecule has 0 aromatic carbocycles. The van der Waals surface area contributed by atoms with Crippen LogP contribution in [-0.4, -0.2) is 16.6 Å². The Hall–Kier alpha value is -1.09. The van der Waals surface area contributed by atoms with Crippen LogP contribution in [-0.2, 0) is 6.61 Å². The van der Waals surface area contributed by atoms with E-state index in [1.54, 1.807) is 6.20 Å². The Labute approximate surface area is 72.5 Å². The van der Waals surface area contributed by atoms with Crippen molar-refractivity contribution in [3.63, 3.8) is 0 Å². The number of aliphatic hydroxyl groups is 1. The summed E-state index contributed by atoms with van der Waals surface area (Å²) in [5, 5.41) is 11.9. The largest absolute Gasteiger partial charge is 0.392 e. The van der Waals surface area contributed by atoms with Crippen LogP contribution in [0.15, 0.2) is 18.3 Å². The lowest BCUT2D eigenvalue weighted by atomic mass is 10.3. The summed E-state index contributed by atoms with van der Waals surface area (Å²) in [6, 6.07) is 3.74. The fraction of sp³-hybridized carbons (Fsp3) is 0.444. The molecular weight excluding hydrogens is 152 g/mol. The van der Waals surface area contributed by atoms with Crippen molar-refractivity contribution < 1.29 is 5.11 Å². The summed E-state index contributed by atoms with van der Waals surface area (Å²) in [6.45, 7) is 3.10. The second-order valence-electron chi connectivity index (χ2n) is 2.64. The van der Waals surface area contributed by atoms with Gasteiger partial charge in [-0.3, -0.25) is 0 Å². The molecule has 0 saturated heterocycles. The number of pyridine rings is 1. The van der Waals surface area contributed by atoms with Crippen molar-refractivity contribution in [3.05, 3.63) is 23.9 Å². The summed E-state index contributed by atoms with van der Waals surface area (Å²) in [6.07, 6.45) is 2.77. The van der Waals surface area contributed by atoms with Gasteiger partial charge in [-0.1, -0.05) is 13.0 Å². The van der Waals surface area contributed by atoms with Crippen molar-refractivity contribution in [1.82, 2.24) is 4.98 Å². The van der Waals surface area contributed by atoms with Gasteiger partial charge in [-0.15, -0.1) is 0 Å². The Morgan fingerprint density at radius 1 is 1.50 bits per heavy atom. The van der Waals surface area contributed by atoms with E-state index in [1.165, 1.54) is 0 Å². The van der Waals surface area contributed by atoms with Gasteiger partial charge in [0.25, 0.3) is 0 Å². The van der Waals surface area contributed by atoms with Gasteiger partial charge in [-0.05, 0) is 18.1 Å². The highest BCUT2D eigenvalue weighted by molar-refractivity contribution is 5.35. The van der Waals surface area contributed by atoms with Gasteiger partial charge >= 0.3 is 0 Å². The maximum absolute atomic E-state index is 8.74. The van der Waals surface area contributed by atoms with Crippen molar-refractivity contribution in [1.29, 1.82) is 0 Å². The predicted molar refractivity (Wildman–Crippen MR) is 48.9 cm³/mol. The maximum Gasteiger partial charge on any atom is 0.125 e. The lowest BCUT2D eigenvalue weighted by Crippen LogP contribution is -2.01. The molecule has 0 unspecified atom stereocenters. The van der Waals surface area contributed by atoms with Crippen molar-refractivity contribution in [2.45, 2.75) is 20.0 Å². The summed E-state index contributed by atoms with van der Waals surface area (Å²) in [5.41, 5.74) is 0.844. The van der Waals surface area contributed by atoms with E-state index in [1.807, 2.05) is 12.1 Å². The molecule has 3 heteroatoms. The lowest BCUT2D eigenvalue weighted by Gasteiger charge is -2.03. The Morgan fingerprint density at radius 3 is 2.83 bits per heavy atom. The molecule has 0 aliphatic rings. The molecule has 66 valence electrons. The minimum Gasteiger partial charge on any atom is -0.392 e. The van der Waals surface area contributed by atoms with E-state index in [0.717, 1.165) is 24.3 Å². The Balaban J connectivity index is 2.53. The topological polar surface area (TPSA) is 45.1 Å². The van der Waals surface area contributed by atoms with Gasteiger partial charge in [0.15, 0.2) is 0 Å². The molecule has 0 amide bonds. The smallest absolute Gasteiger partial charge is 0.125 e. The van der Waals surface area contributed by atoms with Crippen LogP contribution in [0.25, 0.3) is 0 Å². The van der Waals surface area contributed by atoms with Gasteiger partial charge in [0.2, 0.25) is 0 Å². The van der Waals surface area contributed by atoms with Crippen molar-refractivity contribution in [2.75, 3.05) is 11.9 Å². The number of hydrogen-bond donors (Lipinski definition) is 2. The van der Waals surface area contributed by atoms with Crippen LogP contribution in [0.3, 0.4) is 0 Å². The summed E-state index contributed by atoms with van der Waals surface area (Å²) >= 11 is 0. The Morgan fingerprint density at radius 2 is 2.33 bits per heavy atom. The number of anilines is 1. The standard InChI is InChI=1S/C9H14N2O/c1-2-5-10-9-4-3-8(7-12)6-11-9/h3-4,6,12H,2,5,7H2,1H3,(H,10,11). The van der Waals surface area contributed by atoms with E-state index in [0.29, 0.717) is 0 Å². The zero-order valence-electron chi connectivity index (χ0n) is 7.25. The average Bonchev–Trinajstić information content (AvgIpc) is 2.15. The zero-order valence-corrected chi connectivity index (χ0v) is 7.25. The normalized spacial score (nSPS) is 9.83. The predicted octanol–water partition coefficient (Wildman–Crippen LogP) is 1.40. The SMILES string of the molecule is CCCNc1ccc(CO)cn1. The lowest BCUT2D eigenvalue weighted by molar-refractivity contribution is 0.281. The number of nitrogens with zero attached hydrogens (tertiary/aromatic N) is 1. The van der Waals surface area contributed by atoms with Gasteiger partial charge in [-0.2, -0.15) is 0 Å². The molecular formula is C9H14N2O. The number of hydrogen-bond acceptors (Lipinski definition) is 3. The molecule has 12 heavy (non-hydrogen) atoms. The van der Waals surface area contributed by atoms with E-state index in [9.17, 15) is 0 Å². The van der Waals surface area contributed by atoms with E-state index in [-0.39, 0.29) is 6.61 Å². The number of nitrogens with one attached hydrogen (secondary N) is 1. The summed E-state index contributed by atoms with van der Waals surface area (Å²) in [7, 11) is 0. The second-order valence-corrected chi connectivity index (χ2v) is 2.64. The number of rotatable bonds is 4. The van der Waals surface area contributed by atoms with Gasteiger partial charge in [0.05, 0.1) is 6.61 Å². The third kappa shape index (κ3) is 2.51.